The topological polar surface area (TPSA) is 80.0 Å². The van der Waals surface area contributed by atoms with Crippen molar-refractivity contribution in [2.75, 3.05) is 5.75 Å². The molecule has 8 heteroatoms. The van der Waals surface area contributed by atoms with Gasteiger partial charge in [-0.25, -0.2) is 0 Å². The predicted octanol–water partition coefficient (Wildman–Crippen LogP) is 3.92. The van der Waals surface area contributed by atoms with Crippen molar-refractivity contribution in [1.29, 1.82) is 0 Å². The van der Waals surface area contributed by atoms with Crippen molar-refractivity contribution in [3.8, 4) is 17.1 Å². The molecule has 1 amide bonds. The minimum Gasteiger partial charge on any atom is -0.507 e. The molecule has 0 spiro atoms. The van der Waals surface area contributed by atoms with Gasteiger partial charge in [0.2, 0.25) is 5.91 Å². The molecule has 0 aliphatic carbocycles. The Hall–Kier alpha value is -2.32. The maximum atomic E-state index is 12.3. The average Bonchev–Trinajstić information content (AvgIpc) is 3.03. The van der Waals surface area contributed by atoms with E-state index in [0.29, 0.717) is 16.5 Å². The summed E-state index contributed by atoms with van der Waals surface area (Å²) in [5.74, 6) is 0.813. The zero-order chi connectivity index (χ0) is 19.4. The number of nitrogens with zero attached hydrogens (tertiary/aromatic N) is 3. The zero-order valence-corrected chi connectivity index (χ0v) is 17.3. The number of carbonyl (C=O) groups is 1. The Morgan fingerprint density at radius 3 is 2.74 bits per heavy atom. The molecule has 27 heavy (non-hydrogen) atoms. The highest BCUT2D eigenvalue weighted by Crippen LogP contribution is 2.32. The fourth-order valence-corrected chi connectivity index (χ4v) is 3.68. The van der Waals surface area contributed by atoms with Crippen LogP contribution in [0.2, 0.25) is 0 Å². The first-order valence-electron chi connectivity index (χ1n) is 8.31. The van der Waals surface area contributed by atoms with E-state index >= 15 is 0 Å². The van der Waals surface area contributed by atoms with Gasteiger partial charge in [-0.2, -0.15) is 0 Å². The minimum absolute atomic E-state index is 0.0621. The third-order valence-electron chi connectivity index (χ3n) is 4.04. The number of rotatable bonds is 6. The predicted molar refractivity (Wildman–Crippen MR) is 110 cm³/mol. The number of phenolic OH excluding ortho intramolecular Hbond substituents is 1. The number of hydrogen-bond donors (Lipinski definition) is 2. The molecule has 0 unspecified atom stereocenters. The van der Waals surface area contributed by atoms with Crippen LogP contribution in [-0.2, 0) is 11.8 Å². The fourth-order valence-electron chi connectivity index (χ4n) is 2.60. The first-order chi connectivity index (χ1) is 13.0. The van der Waals surface area contributed by atoms with E-state index in [4.69, 9.17) is 0 Å². The van der Waals surface area contributed by atoms with Crippen LogP contribution in [0.1, 0.15) is 18.5 Å². The lowest BCUT2D eigenvalue weighted by Gasteiger charge is -2.14. The molecule has 0 aliphatic rings. The van der Waals surface area contributed by atoms with Gasteiger partial charge in [-0.3, -0.25) is 4.79 Å². The summed E-state index contributed by atoms with van der Waals surface area (Å²) in [4.78, 5) is 12.3. The van der Waals surface area contributed by atoms with E-state index in [1.807, 2.05) is 44.3 Å². The second-order valence-electron chi connectivity index (χ2n) is 6.02. The van der Waals surface area contributed by atoms with Crippen molar-refractivity contribution < 1.29 is 9.90 Å². The SMILES string of the molecule is C[C@@H](NC(=O)CSc1nnc(-c2cc(Br)ccc2O)n1C)c1ccccc1. The lowest BCUT2D eigenvalue weighted by Crippen LogP contribution is -2.28. The van der Waals surface area contributed by atoms with Crippen LogP contribution in [0.15, 0.2) is 58.2 Å². The summed E-state index contributed by atoms with van der Waals surface area (Å²) in [5.41, 5.74) is 1.63. The second-order valence-corrected chi connectivity index (χ2v) is 7.87. The smallest absolute Gasteiger partial charge is 0.230 e. The third kappa shape index (κ3) is 4.70. The average molecular weight is 447 g/mol. The van der Waals surface area contributed by atoms with Crippen LogP contribution in [0, 0.1) is 0 Å². The maximum absolute atomic E-state index is 12.3. The third-order valence-corrected chi connectivity index (χ3v) is 5.56. The number of hydrogen-bond acceptors (Lipinski definition) is 5. The van der Waals surface area contributed by atoms with Gasteiger partial charge < -0.3 is 15.0 Å². The van der Waals surface area contributed by atoms with Gasteiger partial charge >= 0.3 is 0 Å². The molecule has 0 aliphatic heterocycles. The van der Waals surface area contributed by atoms with Crippen LogP contribution in [0.4, 0.5) is 0 Å². The molecule has 1 aromatic heterocycles. The molecule has 6 nitrogen and oxygen atoms in total. The molecule has 3 rings (SSSR count). The lowest BCUT2D eigenvalue weighted by atomic mass is 10.1. The number of amides is 1. The summed E-state index contributed by atoms with van der Waals surface area (Å²) in [6.45, 7) is 1.95. The molecule has 1 atom stereocenters. The van der Waals surface area contributed by atoms with Crippen LogP contribution in [0.3, 0.4) is 0 Å². The molecule has 0 bridgehead atoms. The standard InChI is InChI=1S/C19H19BrN4O2S/c1-12(13-6-4-3-5-7-13)21-17(26)11-27-19-23-22-18(24(19)2)15-10-14(20)8-9-16(15)25/h3-10,12,25H,11H2,1-2H3,(H,21,26)/t12-/m1/s1. The van der Waals surface area contributed by atoms with Crippen molar-refractivity contribution in [3.63, 3.8) is 0 Å². The normalized spacial score (nSPS) is 12.0. The summed E-state index contributed by atoms with van der Waals surface area (Å²) in [6, 6.07) is 14.9. The van der Waals surface area contributed by atoms with Crippen LogP contribution in [-0.4, -0.2) is 31.5 Å². The number of benzene rings is 2. The Balaban J connectivity index is 1.64. The van der Waals surface area contributed by atoms with Gasteiger partial charge in [0.1, 0.15) is 5.75 Å². The first-order valence-corrected chi connectivity index (χ1v) is 10.1. The summed E-state index contributed by atoms with van der Waals surface area (Å²) in [7, 11) is 1.81. The highest BCUT2D eigenvalue weighted by atomic mass is 79.9. The highest BCUT2D eigenvalue weighted by Gasteiger charge is 2.16. The van der Waals surface area contributed by atoms with Crippen molar-refractivity contribution >= 4 is 33.6 Å². The van der Waals surface area contributed by atoms with Gasteiger partial charge in [0, 0.05) is 11.5 Å². The Kier molecular flexibility index (Phi) is 6.18. The van der Waals surface area contributed by atoms with Gasteiger partial charge in [-0.05, 0) is 30.7 Å². The number of halogens is 1. The lowest BCUT2D eigenvalue weighted by molar-refractivity contribution is -0.119. The van der Waals surface area contributed by atoms with Crippen LogP contribution < -0.4 is 5.32 Å². The number of carbonyl (C=O) groups excluding carboxylic acids is 1. The van der Waals surface area contributed by atoms with E-state index in [1.54, 1.807) is 22.8 Å². The molecule has 3 aromatic rings. The Bertz CT molecular complexity index is 946. The van der Waals surface area contributed by atoms with E-state index in [9.17, 15) is 9.90 Å². The number of aromatic hydroxyl groups is 1. The molecule has 0 radical (unpaired) electrons. The van der Waals surface area contributed by atoms with Gasteiger partial charge in [0.05, 0.1) is 17.4 Å². The van der Waals surface area contributed by atoms with Crippen LogP contribution in [0.25, 0.3) is 11.4 Å². The largest absolute Gasteiger partial charge is 0.507 e. The number of nitrogens with one attached hydrogen (secondary N) is 1. The Morgan fingerprint density at radius 2 is 2.00 bits per heavy atom. The van der Waals surface area contributed by atoms with Gasteiger partial charge in [-0.1, -0.05) is 58.0 Å². The number of thioether (sulfide) groups is 1. The monoisotopic (exact) mass is 446 g/mol. The Labute approximate surface area is 170 Å². The highest BCUT2D eigenvalue weighted by molar-refractivity contribution is 9.10. The van der Waals surface area contributed by atoms with Crippen LogP contribution >= 0.6 is 27.7 Å². The minimum atomic E-state index is -0.0776. The molecule has 2 N–H and O–H groups in total. The van der Waals surface area contributed by atoms with Crippen molar-refractivity contribution in [1.82, 2.24) is 20.1 Å². The van der Waals surface area contributed by atoms with E-state index < -0.39 is 0 Å². The molecule has 0 saturated carbocycles. The zero-order valence-electron chi connectivity index (χ0n) is 14.9. The summed E-state index contributed by atoms with van der Waals surface area (Å²) < 4.78 is 2.60. The summed E-state index contributed by atoms with van der Waals surface area (Å²) >= 11 is 4.69. The molecule has 0 saturated heterocycles. The summed E-state index contributed by atoms with van der Waals surface area (Å²) in [6.07, 6.45) is 0. The van der Waals surface area contributed by atoms with Crippen molar-refractivity contribution in [2.24, 2.45) is 7.05 Å². The van der Waals surface area contributed by atoms with Crippen molar-refractivity contribution in [2.45, 2.75) is 18.1 Å². The van der Waals surface area contributed by atoms with Gasteiger partial charge in [0.15, 0.2) is 11.0 Å². The van der Waals surface area contributed by atoms with E-state index in [2.05, 4.69) is 31.4 Å². The summed E-state index contributed by atoms with van der Waals surface area (Å²) in [5, 5.41) is 22.0. The first kappa shape index (κ1) is 19.4. The Morgan fingerprint density at radius 1 is 1.26 bits per heavy atom. The van der Waals surface area contributed by atoms with Crippen molar-refractivity contribution in [3.05, 3.63) is 58.6 Å². The molecule has 1 heterocycles. The second kappa shape index (κ2) is 8.58. The maximum Gasteiger partial charge on any atom is 0.230 e. The van der Waals surface area contributed by atoms with E-state index in [1.165, 1.54) is 11.8 Å². The van der Waals surface area contributed by atoms with E-state index in [0.717, 1.165) is 10.0 Å². The molecule has 140 valence electrons. The molecular formula is C19H19BrN4O2S. The van der Waals surface area contributed by atoms with Gasteiger partial charge in [-0.15, -0.1) is 10.2 Å². The van der Waals surface area contributed by atoms with E-state index in [-0.39, 0.29) is 23.5 Å². The fraction of sp³-hybridized carbons (Fsp3) is 0.211. The molecule has 2 aromatic carbocycles. The van der Waals surface area contributed by atoms with Crippen LogP contribution in [0.5, 0.6) is 5.75 Å². The molecule has 0 fully saturated rings. The number of aromatic nitrogens is 3. The number of phenols is 1. The quantitative estimate of drug-likeness (QED) is 0.560. The molecular weight excluding hydrogens is 428 g/mol. The van der Waals surface area contributed by atoms with Gasteiger partial charge in [0.25, 0.3) is 0 Å².